The van der Waals surface area contributed by atoms with Crippen molar-refractivity contribution in [1.29, 1.82) is 0 Å². The Kier molecular flexibility index (Phi) is 10.2. The molecular formula is C34H34N8O6S3. The van der Waals surface area contributed by atoms with E-state index in [9.17, 15) is 28.8 Å². The topological polar surface area (TPSA) is 153 Å². The zero-order valence-corrected chi connectivity index (χ0v) is 30.6. The average Bonchev–Trinajstić information content (AvgIpc) is 3.76. The highest BCUT2D eigenvalue weighted by atomic mass is 32.2. The molecule has 2 aromatic heterocycles. The highest BCUT2D eigenvalue weighted by molar-refractivity contribution is 8.27. The molecule has 0 unspecified atom stereocenters. The summed E-state index contributed by atoms with van der Waals surface area (Å²) in [6.45, 7) is 3.49. The van der Waals surface area contributed by atoms with Gasteiger partial charge in [0.25, 0.3) is 22.9 Å². The number of rotatable bonds is 10. The maximum Gasteiger partial charge on any atom is 0.295 e. The van der Waals surface area contributed by atoms with Gasteiger partial charge in [0.05, 0.1) is 38.4 Å². The number of thioether (sulfide) groups is 2. The van der Waals surface area contributed by atoms with Crippen molar-refractivity contribution >= 4 is 75.1 Å². The van der Waals surface area contributed by atoms with Crippen molar-refractivity contribution < 1.29 is 19.2 Å². The van der Waals surface area contributed by atoms with E-state index >= 15 is 0 Å². The van der Waals surface area contributed by atoms with Gasteiger partial charge in [-0.3, -0.25) is 43.0 Å². The lowest BCUT2D eigenvalue weighted by molar-refractivity contribution is -0.127. The molecule has 2 aliphatic rings. The molecule has 2 aromatic carbocycles. The fourth-order valence-electron chi connectivity index (χ4n) is 5.74. The van der Waals surface area contributed by atoms with Crippen LogP contribution in [-0.4, -0.2) is 75.4 Å². The van der Waals surface area contributed by atoms with Gasteiger partial charge in [0.15, 0.2) is 0 Å². The molecule has 0 atom stereocenters. The lowest BCUT2D eigenvalue weighted by Gasteiger charge is -2.14. The summed E-state index contributed by atoms with van der Waals surface area (Å²) >= 11 is 7.61. The summed E-state index contributed by atoms with van der Waals surface area (Å²) in [6.07, 6.45) is -0.195. The average molecular weight is 747 g/mol. The smallest absolute Gasteiger partial charge is 0.295 e. The Bertz CT molecular complexity index is 2240. The number of para-hydroxylation sites is 2. The molecule has 2 aliphatic heterocycles. The first-order valence-corrected chi connectivity index (χ1v) is 18.1. The number of carbonyl (C=O) groups excluding carboxylic acids is 4. The third kappa shape index (κ3) is 6.83. The Labute approximate surface area is 306 Å². The van der Waals surface area contributed by atoms with Gasteiger partial charge in [-0.25, -0.2) is 9.36 Å². The van der Waals surface area contributed by atoms with Crippen LogP contribution in [0.1, 0.15) is 24.2 Å². The van der Waals surface area contributed by atoms with Gasteiger partial charge in [-0.05, 0) is 38.1 Å². The molecule has 2 saturated heterocycles. The van der Waals surface area contributed by atoms with Gasteiger partial charge in [0, 0.05) is 40.0 Å². The van der Waals surface area contributed by atoms with Crippen molar-refractivity contribution in [1.82, 2.24) is 28.5 Å². The van der Waals surface area contributed by atoms with Crippen LogP contribution >= 0.6 is 35.7 Å². The second-order valence-electron chi connectivity index (χ2n) is 11.8. The van der Waals surface area contributed by atoms with E-state index < -0.39 is 23.6 Å². The highest BCUT2D eigenvalue weighted by Gasteiger charge is 2.40. The minimum absolute atomic E-state index is 0.0420. The standard InChI is InChI=1S/C34H34N8O6S3/c1-20-26(30(45)41(37(20)3)22-11-7-5-8-12-22)35-24(43)15-17-39-19-50-28(32(39)47)29-33(48)40(34(49)51-29)18-16-25(44)36-27-21(2)38(4)42(31(27)46)23-13-9-6-10-14-23/h5-14H,15-19H2,1-4H3,(H,35,43)(H,36,44)/b29-28+. The van der Waals surface area contributed by atoms with Crippen molar-refractivity contribution in [2.45, 2.75) is 26.7 Å². The minimum atomic E-state index is -0.482. The summed E-state index contributed by atoms with van der Waals surface area (Å²) in [5, 5.41) is 5.39. The van der Waals surface area contributed by atoms with Crippen LogP contribution in [-0.2, 0) is 33.3 Å². The van der Waals surface area contributed by atoms with Crippen molar-refractivity contribution in [3.05, 3.63) is 103 Å². The quantitative estimate of drug-likeness (QED) is 0.184. The molecular weight excluding hydrogens is 713 g/mol. The molecule has 17 heteroatoms. The van der Waals surface area contributed by atoms with Crippen LogP contribution in [0.3, 0.4) is 0 Å². The van der Waals surface area contributed by atoms with Gasteiger partial charge in [0.2, 0.25) is 11.8 Å². The van der Waals surface area contributed by atoms with Gasteiger partial charge in [0.1, 0.15) is 15.7 Å². The molecule has 0 spiro atoms. The van der Waals surface area contributed by atoms with Crippen LogP contribution in [0, 0.1) is 13.8 Å². The normalized spacial score (nSPS) is 16.0. The Morgan fingerprint density at radius 2 is 1.18 bits per heavy atom. The number of nitrogens with zero attached hydrogens (tertiary/aromatic N) is 6. The molecule has 0 radical (unpaired) electrons. The molecule has 0 saturated carbocycles. The molecule has 51 heavy (non-hydrogen) atoms. The molecule has 14 nitrogen and oxygen atoms in total. The fourth-order valence-corrected chi connectivity index (χ4v) is 8.31. The van der Waals surface area contributed by atoms with Gasteiger partial charge in [-0.2, -0.15) is 0 Å². The number of hydrogen-bond acceptors (Lipinski definition) is 9. The van der Waals surface area contributed by atoms with E-state index in [1.54, 1.807) is 61.6 Å². The van der Waals surface area contributed by atoms with Crippen LogP contribution in [0.5, 0.6) is 0 Å². The lowest BCUT2D eigenvalue weighted by atomic mass is 10.3. The zero-order chi connectivity index (χ0) is 36.6. The lowest BCUT2D eigenvalue weighted by Crippen LogP contribution is -2.33. The molecule has 264 valence electrons. The molecule has 6 rings (SSSR count). The number of thiocarbonyl (C=S) groups is 1. The minimum Gasteiger partial charge on any atom is -0.328 e. The highest BCUT2D eigenvalue weighted by Crippen LogP contribution is 2.41. The van der Waals surface area contributed by atoms with Gasteiger partial charge >= 0.3 is 0 Å². The summed E-state index contributed by atoms with van der Waals surface area (Å²) in [7, 11) is 3.45. The zero-order valence-electron chi connectivity index (χ0n) is 28.2. The monoisotopic (exact) mass is 746 g/mol. The summed E-state index contributed by atoms with van der Waals surface area (Å²) < 4.78 is 6.45. The van der Waals surface area contributed by atoms with Gasteiger partial charge in [-0.15, -0.1) is 0 Å². The van der Waals surface area contributed by atoms with Crippen LogP contribution in [0.25, 0.3) is 11.4 Å². The van der Waals surface area contributed by atoms with Crippen molar-refractivity contribution in [3.63, 3.8) is 0 Å². The van der Waals surface area contributed by atoms with E-state index in [0.29, 0.717) is 22.8 Å². The number of anilines is 2. The summed E-state index contributed by atoms with van der Waals surface area (Å²) in [5.74, 6) is -1.55. The largest absolute Gasteiger partial charge is 0.328 e. The number of nitrogens with one attached hydrogen (secondary N) is 2. The maximum atomic E-state index is 13.4. The predicted octanol–water partition coefficient (Wildman–Crippen LogP) is 3.24. The van der Waals surface area contributed by atoms with Crippen molar-refractivity contribution in [2.75, 3.05) is 29.6 Å². The van der Waals surface area contributed by atoms with Crippen LogP contribution in [0.4, 0.5) is 11.4 Å². The summed E-state index contributed by atoms with van der Waals surface area (Å²) in [6, 6.07) is 18.1. The van der Waals surface area contributed by atoms with E-state index in [1.807, 2.05) is 36.4 Å². The molecule has 4 heterocycles. The summed E-state index contributed by atoms with van der Waals surface area (Å²) in [4.78, 5) is 82.1. The SMILES string of the molecule is Cc1c(NC(=O)CCN2CS/C(=C3/SC(=S)N(CCC(=O)Nc4c(C)n(C)n(-c5ccccc5)c4=O)C3=O)C2=O)c(=O)n(-c2ccccc2)n1C. The van der Waals surface area contributed by atoms with Crippen molar-refractivity contribution in [2.24, 2.45) is 14.1 Å². The van der Waals surface area contributed by atoms with Gasteiger partial charge < -0.3 is 15.5 Å². The van der Waals surface area contributed by atoms with Gasteiger partial charge in [-0.1, -0.05) is 72.1 Å². The second kappa shape index (κ2) is 14.6. The van der Waals surface area contributed by atoms with Crippen molar-refractivity contribution in [3.8, 4) is 11.4 Å². The first-order valence-electron chi connectivity index (χ1n) is 15.9. The first kappa shape index (κ1) is 35.7. The predicted molar refractivity (Wildman–Crippen MR) is 201 cm³/mol. The number of hydrogen-bond donors (Lipinski definition) is 2. The number of carbonyl (C=O) groups is 4. The van der Waals surface area contributed by atoms with E-state index in [0.717, 1.165) is 11.8 Å². The molecule has 0 aliphatic carbocycles. The number of amides is 4. The molecule has 4 amide bonds. The van der Waals surface area contributed by atoms with E-state index in [-0.39, 0.29) is 68.4 Å². The fraction of sp³-hybridized carbons (Fsp3) is 0.265. The van der Waals surface area contributed by atoms with Crippen LogP contribution in [0.2, 0.25) is 0 Å². The summed E-state index contributed by atoms with van der Waals surface area (Å²) in [5.41, 5.74) is 2.00. The molecule has 4 aromatic rings. The Hall–Kier alpha value is -5.13. The third-order valence-electron chi connectivity index (χ3n) is 8.71. The maximum absolute atomic E-state index is 13.4. The van der Waals surface area contributed by atoms with Crippen LogP contribution < -0.4 is 21.8 Å². The van der Waals surface area contributed by atoms with E-state index in [2.05, 4.69) is 10.6 Å². The Morgan fingerprint density at radius 3 is 1.67 bits per heavy atom. The van der Waals surface area contributed by atoms with Crippen LogP contribution in [0.15, 0.2) is 80.1 Å². The first-order chi connectivity index (χ1) is 24.4. The molecule has 2 fully saturated rings. The Morgan fingerprint density at radius 1 is 0.706 bits per heavy atom. The third-order valence-corrected chi connectivity index (χ3v) is 11.4. The van der Waals surface area contributed by atoms with E-state index in [1.165, 1.54) is 30.9 Å². The second-order valence-corrected chi connectivity index (χ2v) is 14.4. The number of benzene rings is 2. The number of aromatic nitrogens is 4. The molecule has 2 N–H and O–H groups in total. The molecule has 0 bridgehead atoms. The van der Waals surface area contributed by atoms with E-state index in [4.69, 9.17) is 12.2 Å². The Balaban J connectivity index is 1.05.